The maximum Gasteiger partial charge on any atom is 0.252 e. The molecule has 158 valence electrons. The lowest BCUT2D eigenvalue weighted by Gasteiger charge is -2.28. The fourth-order valence-electron chi connectivity index (χ4n) is 4.06. The van der Waals surface area contributed by atoms with Crippen molar-refractivity contribution in [3.63, 3.8) is 0 Å². The zero-order valence-electron chi connectivity index (χ0n) is 16.4. The Morgan fingerprint density at radius 2 is 1.90 bits per heavy atom. The molecule has 1 amide bonds. The topological polar surface area (TPSA) is 66.8 Å². The van der Waals surface area contributed by atoms with E-state index in [0.717, 1.165) is 26.9 Å². The van der Waals surface area contributed by atoms with Crippen molar-refractivity contribution in [3.8, 4) is 0 Å². The Morgan fingerprint density at radius 1 is 1.23 bits per heavy atom. The second kappa shape index (κ2) is 8.30. The van der Waals surface area contributed by atoms with Gasteiger partial charge in [-0.2, -0.15) is 4.99 Å². The van der Waals surface area contributed by atoms with Gasteiger partial charge in [0.05, 0.1) is 24.0 Å². The Morgan fingerprint density at radius 3 is 2.57 bits per heavy atom. The molecule has 0 spiro atoms. The summed E-state index contributed by atoms with van der Waals surface area (Å²) in [7, 11) is -3.12. The molecule has 0 saturated carbocycles. The van der Waals surface area contributed by atoms with Crippen molar-refractivity contribution in [1.82, 2.24) is 0 Å². The molecule has 0 unspecified atom stereocenters. The molecule has 5 nitrogen and oxygen atoms in total. The van der Waals surface area contributed by atoms with Crippen LogP contribution in [0.4, 0.5) is 5.69 Å². The molecule has 2 saturated heterocycles. The number of sulfone groups is 1. The van der Waals surface area contributed by atoms with Crippen LogP contribution in [0.5, 0.6) is 0 Å². The molecule has 0 aliphatic carbocycles. The summed E-state index contributed by atoms with van der Waals surface area (Å²) >= 11 is 11.1. The van der Waals surface area contributed by atoms with E-state index in [1.807, 2.05) is 49.1 Å². The Balaban J connectivity index is 1.73. The number of thioether (sulfide) groups is 1. The van der Waals surface area contributed by atoms with Crippen LogP contribution in [-0.4, -0.2) is 42.3 Å². The number of carbonyl (C=O) groups is 1. The summed E-state index contributed by atoms with van der Waals surface area (Å²) in [5, 5.41) is 0.958. The number of amides is 1. The average Bonchev–Trinajstić information content (AvgIpc) is 3.08. The summed E-state index contributed by atoms with van der Waals surface area (Å²) in [6, 6.07) is 11.0. The summed E-state index contributed by atoms with van der Waals surface area (Å²) in [5.41, 5.74) is 3.64. The number of rotatable bonds is 3. The van der Waals surface area contributed by atoms with Gasteiger partial charge in [0.2, 0.25) is 0 Å². The van der Waals surface area contributed by atoms with Gasteiger partial charge in [0, 0.05) is 20.4 Å². The zero-order valence-corrected chi connectivity index (χ0v) is 20.4. The molecule has 0 aromatic heterocycles. The number of anilines is 1. The largest absolute Gasteiger partial charge is 0.315 e. The number of fused-ring (bicyclic) bond motifs is 1. The first kappa shape index (κ1) is 21.9. The third-order valence-corrected chi connectivity index (χ3v) is 9.32. The predicted molar refractivity (Wildman–Crippen MR) is 128 cm³/mol. The molecule has 2 aromatic rings. The van der Waals surface area contributed by atoms with E-state index in [-0.39, 0.29) is 35.1 Å². The maximum atomic E-state index is 12.8. The fraction of sp³-hybridized carbons (Fsp3) is 0.333. The van der Waals surface area contributed by atoms with E-state index in [4.69, 9.17) is 11.6 Å². The molecule has 2 aliphatic heterocycles. The summed E-state index contributed by atoms with van der Waals surface area (Å²) < 4.78 is 25.5. The van der Waals surface area contributed by atoms with Gasteiger partial charge in [-0.15, -0.1) is 0 Å². The average molecular weight is 528 g/mol. The molecule has 2 aliphatic rings. The third-order valence-electron chi connectivity index (χ3n) is 5.28. The number of halogens is 2. The first-order valence-electron chi connectivity index (χ1n) is 9.42. The SMILES string of the molecule is Cc1cc(Br)cc(C)c1N1C(=NC(=O)Cc2ccccc2Cl)S[C@@H]2CS(=O)(=O)C[C@@H]21. The van der Waals surface area contributed by atoms with Crippen LogP contribution >= 0.6 is 39.3 Å². The van der Waals surface area contributed by atoms with E-state index >= 15 is 0 Å². The minimum Gasteiger partial charge on any atom is -0.315 e. The monoisotopic (exact) mass is 526 g/mol. The highest BCUT2D eigenvalue weighted by molar-refractivity contribution is 9.10. The normalized spacial score (nSPS) is 23.7. The highest BCUT2D eigenvalue weighted by Crippen LogP contribution is 2.43. The molecule has 2 atom stereocenters. The second-order valence-corrected chi connectivity index (χ2v) is 12.3. The molecule has 0 N–H and O–H groups in total. The molecule has 30 heavy (non-hydrogen) atoms. The van der Waals surface area contributed by atoms with Gasteiger partial charge in [-0.3, -0.25) is 4.79 Å². The number of aryl methyl sites for hydroxylation is 2. The van der Waals surface area contributed by atoms with Gasteiger partial charge < -0.3 is 4.90 Å². The van der Waals surface area contributed by atoms with Crippen LogP contribution in [0.2, 0.25) is 5.02 Å². The molecule has 4 rings (SSSR count). The van der Waals surface area contributed by atoms with Crippen LogP contribution in [0, 0.1) is 13.8 Å². The molecule has 9 heteroatoms. The van der Waals surface area contributed by atoms with E-state index in [0.29, 0.717) is 10.2 Å². The van der Waals surface area contributed by atoms with Gasteiger partial charge in [0.1, 0.15) is 0 Å². The van der Waals surface area contributed by atoms with Crippen LogP contribution in [0.3, 0.4) is 0 Å². The summed E-state index contributed by atoms with van der Waals surface area (Å²) in [5.74, 6) is -0.131. The Hall–Kier alpha value is -1.35. The number of carbonyl (C=O) groups excluding carboxylic acids is 1. The summed E-state index contributed by atoms with van der Waals surface area (Å²) in [4.78, 5) is 19.1. The van der Waals surface area contributed by atoms with E-state index in [2.05, 4.69) is 20.9 Å². The Bertz CT molecular complexity index is 1140. The summed E-state index contributed by atoms with van der Waals surface area (Å²) in [6.45, 7) is 3.97. The van der Waals surface area contributed by atoms with Gasteiger partial charge in [0.15, 0.2) is 15.0 Å². The van der Waals surface area contributed by atoms with Crippen molar-refractivity contribution in [2.75, 3.05) is 16.4 Å². The number of amidine groups is 1. The molecular formula is C21H20BrClN2O3S2. The minimum absolute atomic E-state index is 0.0668. The number of aliphatic imine (C=N–C) groups is 1. The zero-order chi connectivity index (χ0) is 21.6. The van der Waals surface area contributed by atoms with Crippen LogP contribution in [0.15, 0.2) is 45.9 Å². The Kier molecular flexibility index (Phi) is 6.05. The number of hydrogen-bond donors (Lipinski definition) is 0. The van der Waals surface area contributed by atoms with Crippen molar-refractivity contribution in [3.05, 3.63) is 62.6 Å². The van der Waals surface area contributed by atoms with Gasteiger partial charge >= 0.3 is 0 Å². The van der Waals surface area contributed by atoms with Crippen molar-refractivity contribution >= 4 is 65.9 Å². The van der Waals surface area contributed by atoms with Crippen molar-refractivity contribution < 1.29 is 13.2 Å². The first-order valence-corrected chi connectivity index (χ1v) is 13.3. The number of nitrogens with zero attached hydrogens (tertiary/aromatic N) is 2. The molecule has 0 bridgehead atoms. The maximum absolute atomic E-state index is 12.8. The first-order chi connectivity index (χ1) is 14.1. The van der Waals surface area contributed by atoms with Crippen LogP contribution < -0.4 is 4.90 Å². The van der Waals surface area contributed by atoms with E-state index in [1.54, 1.807) is 6.07 Å². The molecule has 0 radical (unpaired) electrons. The van der Waals surface area contributed by atoms with Crippen molar-refractivity contribution in [2.45, 2.75) is 31.6 Å². The molecule has 2 fully saturated rings. The number of benzene rings is 2. The van der Waals surface area contributed by atoms with E-state index in [1.165, 1.54) is 11.8 Å². The predicted octanol–water partition coefficient (Wildman–Crippen LogP) is 4.56. The lowest BCUT2D eigenvalue weighted by atomic mass is 10.1. The minimum atomic E-state index is -3.12. The number of hydrogen-bond acceptors (Lipinski definition) is 4. The van der Waals surface area contributed by atoms with E-state index < -0.39 is 9.84 Å². The van der Waals surface area contributed by atoms with Crippen LogP contribution in [0.1, 0.15) is 16.7 Å². The second-order valence-electron chi connectivity index (χ2n) is 7.62. The van der Waals surface area contributed by atoms with Gasteiger partial charge in [-0.05, 0) is 48.7 Å². The highest BCUT2D eigenvalue weighted by atomic mass is 79.9. The Labute approximate surface area is 193 Å². The smallest absolute Gasteiger partial charge is 0.252 e. The van der Waals surface area contributed by atoms with Crippen molar-refractivity contribution in [1.29, 1.82) is 0 Å². The molecule has 2 heterocycles. The van der Waals surface area contributed by atoms with Crippen LogP contribution in [-0.2, 0) is 21.1 Å². The van der Waals surface area contributed by atoms with Crippen LogP contribution in [0.25, 0.3) is 0 Å². The molecular weight excluding hydrogens is 508 g/mol. The third kappa shape index (κ3) is 4.33. The lowest BCUT2D eigenvalue weighted by molar-refractivity contribution is -0.117. The standard InChI is InChI=1S/C21H20BrClN2O3S2/c1-12-7-15(22)8-13(2)20(12)25-17-10-30(27,28)11-18(17)29-21(25)24-19(26)9-14-5-3-4-6-16(14)23/h3-8,17-18H,9-11H2,1-2H3/t17-,18+/m0/s1. The van der Waals surface area contributed by atoms with Gasteiger partial charge in [0.25, 0.3) is 5.91 Å². The van der Waals surface area contributed by atoms with E-state index in [9.17, 15) is 13.2 Å². The highest BCUT2D eigenvalue weighted by Gasteiger charge is 2.50. The van der Waals surface area contributed by atoms with Gasteiger partial charge in [-0.1, -0.05) is 57.5 Å². The van der Waals surface area contributed by atoms with Gasteiger partial charge in [-0.25, -0.2) is 8.42 Å². The fourth-order valence-corrected chi connectivity index (χ4v) is 8.87. The van der Waals surface area contributed by atoms with Crippen molar-refractivity contribution in [2.24, 2.45) is 4.99 Å². The quantitative estimate of drug-likeness (QED) is 0.585. The summed E-state index contributed by atoms with van der Waals surface area (Å²) in [6.07, 6.45) is 0.101. The molecule has 2 aromatic carbocycles. The lowest BCUT2D eigenvalue weighted by Crippen LogP contribution is -2.38.